The molecular weight excluding hydrogens is 418 g/mol. The van der Waals surface area contributed by atoms with Crippen LogP contribution in [-0.4, -0.2) is 61.6 Å². The highest BCUT2D eigenvalue weighted by Gasteiger charge is 2.20. The average Bonchev–Trinajstić information content (AvgIpc) is 2.71. The van der Waals surface area contributed by atoms with Gasteiger partial charge in [-0.3, -0.25) is 9.59 Å². The summed E-state index contributed by atoms with van der Waals surface area (Å²) in [5, 5.41) is 37.6. The molecule has 0 amide bonds. The molecule has 0 aliphatic rings. The lowest BCUT2D eigenvalue weighted by atomic mass is 10.1. The first-order valence-corrected chi connectivity index (χ1v) is 12.0. The van der Waals surface area contributed by atoms with Gasteiger partial charge in [-0.15, -0.1) is 11.8 Å². The molecule has 178 valence electrons. The lowest BCUT2D eigenvalue weighted by Crippen LogP contribution is -2.34. The number of carbonyl (C=O) groups is 2. The molecule has 8 heteroatoms. The SMILES string of the molecule is CCCCC/C=C\C[C@H](O)C/C=C/C=C/[C@@H](SC[C@@H](N)C(=O)O)[C@@H](O)CCCC(=O)O. The van der Waals surface area contributed by atoms with Crippen LogP contribution in [0, 0.1) is 0 Å². The molecule has 0 heterocycles. The number of unbranched alkanes of at least 4 members (excludes halogenated alkanes) is 3. The highest BCUT2D eigenvalue weighted by molar-refractivity contribution is 8.00. The number of hydrogen-bond donors (Lipinski definition) is 5. The van der Waals surface area contributed by atoms with Gasteiger partial charge in [-0.1, -0.05) is 56.2 Å². The van der Waals surface area contributed by atoms with E-state index in [0.29, 0.717) is 25.7 Å². The maximum absolute atomic E-state index is 10.9. The monoisotopic (exact) mass is 457 g/mol. The van der Waals surface area contributed by atoms with Crippen molar-refractivity contribution in [2.45, 2.75) is 88.2 Å². The van der Waals surface area contributed by atoms with Crippen molar-refractivity contribution >= 4 is 23.7 Å². The number of aliphatic carboxylic acids is 2. The van der Waals surface area contributed by atoms with Gasteiger partial charge in [0.2, 0.25) is 0 Å². The van der Waals surface area contributed by atoms with Crippen LogP contribution in [0.15, 0.2) is 36.5 Å². The van der Waals surface area contributed by atoms with Crippen LogP contribution in [0.25, 0.3) is 0 Å². The van der Waals surface area contributed by atoms with Gasteiger partial charge >= 0.3 is 11.9 Å². The van der Waals surface area contributed by atoms with Crippen molar-refractivity contribution < 1.29 is 30.0 Å². The Bertz CT molecular complexity index is 578. The largest absolute Gasteiger partial charge is 0.481 e. The highest BCUT2D eigenvalue weighted by atomic mass is 32.2. The fourth-order valence-electron chi connectivity index (χ4n) is 2.68. The van der Waals surface area contributed by atoms with Crippen LogP contribution in [0.5, 0.6) is 0 Å². The van der Waals surface area contributed by atoms with E-state index < -0.39 is 35.4 Å². The second-order valence-electron chi connectivity index (χ2n) is 7.50. The second-order valence-corrected chi connectivity index (χ2v) is 8.71. The van der Waals surface area contributed by atoms with E-state index in [9.17, 15) is 19.8 Å². The van der Waals surface area contributed by atoms with E-state index in [2.05, 4.69) is 13.0 Å². The Morgan fingerprint density at radius 2 is 1.71 bits per heavy atom. The average molecular weight is 458 g/mol. The van der Waals surface area contributed by atoms with E-state index in [-0.39, 0.29) is 12.2 Å². The standard InChI is InChI=1S/C23H39NO6S/c1-2-3-4-5-6-8-12-18(25)13-9-7-10-15-21(31-17-19(24)23(29)30)20(26)14-11-16-22(27)28/h6-10,15,18-21,25-26H,2-5,11-14,16-17,24H2,1H3,(H,27,28)(H,29,30)/b8-6-,9-7+,15-10+/t18-,19+,20-,21+/m0/s1. The fourth-order valence-corrected chi connectivity index (χ4v) is 3.81. The number of carboxylic acid groups (broad SMARTS) is 2. The number of aliphatic hydroxyl groups excluding tert-OH is 2. The predicted molar refractivity (Wildman–Crippen MR) is 126 cm³/mol. The van der Waals surface area contributed by atoms with Crippen molar-refractivity contribution in [3.63, 3.8) is 0 Å². The highest BCUT2D eigenvalue weighted by Crippen LogP contribution is 2.21. The number of nitrogens with two attached hydrogens (primary N) is 1. The number of hydrogen-bond acceptors (Lipinski definition) is 6. The lowest BCUT2D eigenvalue weighted by Gasteiger charge is -2.20. The summed E-state index contributed by atoms with van der Waals surface area (Å²) < 4.78 is 0. The minimum atomic E-state index is -1.11. The number of thioether (sulfide) groups is 1. The van der Waals surface area contributed by atoms with Crippen molar-refractivity contribution in [2.75, 3.05) is 5.75 Å². The fraction of sp³-hybridized carbons (Fsp3) is 0.652. The molecule has 0 radical (unpaired) electrons. The van der Waals surface area contributed by atoms with E-state index in [4.69, 9.17) is 15.9 Å². The topological polar surface area (TPSA) is 141 Å². The van der Waals surface area contributed by atoms with Crippen LogP contribution in [0.3, 0.4) is 0 Å². The molecule has 0 spiro atoms. The molecule has 7 nitrogen and oxygen atoms in total. The van der Waals surface area contributed by atoms with Crippen LogP contribution < -0.4 is 5.73 Å². The third-order valence-corrected chi connectivity index (χ3v) is 5.97. The van der Waals surface area contributed by atoms with Gasteiger partial charge in [-0.05, 0) is 38.5 Å². The molecule has 0 aromatic rings. The van der Waals surface area contributed by atoms with Crippen LogP contribution in [-0.2, 0) is 9.59 Å². The number of carboxylic acids is 2. The minimum Gasteiger partial charge on any atom is -0.481 e. The van der Waals surface area contributed by atoms with Crippen molar-refractivity contribution in [2.24, 2.45) is 5.73 Å². The van der Waals surface area contributed by atoms with Gasteiger partial charge in [0.1, 0.15) is 6.04 Å². The number of aliphatic hydroxyl groups is 2. The molecule has 31 heavy (non-hydrogen) atoms. The maximum atomic E-state index is 10.9. The summed E-state index contributed by atoms with van der Waals surface area (Å²) in [7, 11) is 0. The van der Waals surface area contributed by atoms with E-state index in [1.165, 1.54) is 31.0 Å². The van der Waals surface area contributed by atoms with E-state index in [1.54, 1.807) is 18.2 Å². The maximum Gasteiger partial charge on any atom is 0.321 e. The molecule has 0 unspecified atom stereocenters. The summed E-state index contributed by atoms with van der Waals surface area (Å²) >= 11 is 1.23. The Kier molecular flexibility index (Phi) is 18.1. The summed E-state index contributed by atoms with van der Waals surface area (Å²) in [6.45, 7) is 2.17. The summed E-state index contributed by atoms with van der Waals surface area (Å²) in [5.74, 6) is -1.89. The smallest absolute Gasteiger partial charge is 0.321 e. The first-order chi connectivity index (χ1) is 14.8. The van der Waals surface area contributed by atoms with Crippen molar-refractivity contribution in [1.29, 1.82) is 0 Å². The molecule has 0 aromatic heterocycles. The van der Waals surface area contributed by atoms with Gasteiger partial charge < -0.3 is 26.2 Å². The zero-order valence-corrected chi connectivity index (χ0v) is 19.3. The van der Waals surface area contributed by atoms with Gasteiger partial charge in [0.15, 0.2) is 0 Å². The number of allylic oxidation sites excluding steroid dienone is 3. The molecular formula is C23H39NO6S. The summed E-state index contributed by atoms with van der Waals surface area (Å²) in [6.07, 6.45) is 16.3. The molecule has 0 saturated carbocycles. The Balaban J connectivity index is 4.53. The molecule has 0 fully saturated rings. The van der Waals surface area contributed by atoms with Gasteiger partial charge in [0, 0.05) is 17.4 Å². The summed E-state index contributed by atoms with van der Waals surface area (Å²) in [6, 6.07) is -1.03. The van der Waals surface area contributed by atoms with Crippen LogP contribution >= 0.6 is 11.8 Å². The third kappa shape index (κ3) is 17.7. The summed E-state index contributed by atoms with van der Waals surface area (Å²) in [4.78, 5) is 21.6. The predicted octanol–water partition coefficient (Wildman–Crippen LogP) is 3.51. The summed E-state index contributed by atoms with van der Waals surface area (Å²) in [5.41, 5.74) is 5.54. The zero-order chi connectivity index (χ0) is 23.5. The molecule has 0 aliphatic heterocycles. The van der Waals surface area contributed by atoms with Gasteiger partial charge in [-0.25, -0.2) is 0 Å². The van der Waals surface area contributed by atoms with E-state index >= 15 is 0 Å². The zero-order valence-electron chi connectivity index (χ0n) is 18.4. The number of rotatable bonds is 19. The van der Waals surface area contributed by atoms with Crippen molar-refractivity contribution in [1.82, 2.24) is 0 Å². The van der Waals surface area contributed by atoms with Gasteiger partial charge in [0.25, 0.3) is 0 Å². The second kappa shape index (κ2) is 19.1. The quantitative estimate of drug-likeness (QED) is 0.113. The molecule has 0 aliphatic carbocycles. The molecule has 0 aromatic carbocycles. The third-order valence-electron chi connectivity index (χ3n) is 4.56. The van der Waals surface area contributed by atoms with E-state index in [1.807, 2.05) is 12.2 Å². The minimum absolute atomic E-state index is 0.0301. The first kappa shape index (κ1) is 29.4. The molecule has 0 saturated heterocycles. The van der Waals surface area contributed by atoms with Crippen LogP contribution in [0.4, 0.5) is 0 Å². The molecule has 0 bridgehead atoms. The first-order valence-electron chi connectivity index (χ1n) is 10.9. The normalized spacial score (nSPS) is 16.1. The Morgan fingerprint density at radius 1 is 1.00 bits per heavy atom. The van der Waals surface area contributed by atoms with Gasteiger partial charge in [0.05, 0.1) is 12.2 Å². The van der Waals surface area contributed by atoms with Crippen molar-refractivity contribution in [3.8, 4) is 0 Å². The Hall–Kier alpha value is -1.61. The van der Waals surface area contributed by atoms with Gasteiger partial charge in [-0.2, -0.15) is 0 Å². The van der Waals surface area contributed by atoms with Crippen LogP contribution in [0.1, 0.15) is 64.7 Å². The molecule has 4 atom stereocenters. The van der Waals surface area contributed by atoms with Crippen LogP contribution in [0.2, 0.25) is 0 Å². The lowest BCUT2D eigenvalue weighted by molar-refractivity contribution is -0.138. The van der Waals surface area contributed by atoms with E-state index in [0.717, 1.165) is 6.42 Å². The van der Waals surface area contributed by atoms with Crippen molar-refractivity contribution in [3.05, 3.63) is 36.5 Å². The molecule has 0 rings (SSSR count). The Labute approximate surface area is 190 Å². The molecule has 6 N–H and O–H groups in total. The Morgan fingerprint density at radius 3 is 2.35 bits per heavy atom.